The summed E-state index contributed by atoms with van der Waals surface area (Å²) in [5.41, 5.74) is 0.674. The van der Waals surface area contributed by atoms with Crippen molar-refractivity contribution in [1.29, 1.82) is 0 Å². The standard InChI is InChI=1S/C13H14FN3O4/c1-7-4-8(2-3-9(7)14)16-13(21)17-6-11(18)15-5-10(17)12(19)20/h2-4,10H,5-6H2,1H3,(H,15,18)(H,16,21)(H,19,20). The Morgan fingerprint density at radius 1 is 1.48 bits per heavy atom. The number of halogens is 1. The summed E-state index contributed by atoms with van der Waals surface area (Å²) >= 11 is 0. The monoisotopic (exact) mass is 295 g/mol. The Hall–Kier alpha value is -2.64. The van der Waals surface area contributed by atoms with Crippen LogP contribution in [-0.4, -0.2) is 47.0 Å². The van der Waals surface area contributed by atoms with Crippen LogP contribution < -0.4 is 10.6 Å². The zero-order chi connectivity index (χ0) is 15.6. The first kappa shape index (κ1) is 14.8. The first-order valence-corrected chi connectivity index (χ1v) is 6.22. The third-order valence-electron chi connectivity index (χ3n) is 3.14. The lowest BCUT2D eigenvalue weighted by Gasteiger charge is -2.32. The lowest BCUT2D eigenvalue weighted by molar-refractivity contribution is -0.144. The Morgan fingerprint density at radius 3 is 2.81 bits per heavy atom. The maximum Gasteiger partial charge on any atom is 0.328 e. The Labute approximate surface area is 119 Å². The smallest absolute Gasteiger partial charge is 0.328 e. The second-order valence-electron chi connectivity index (χ2n) is 4.68. The quantitative estimate of drug-likeness (QED) is 0.742. The molecule has 3 amide bonds. The maximum atomic E-state index is 13.2. The van der Waals surface area contributed by atoms with Gasteiger partial charge in [-0.05, 0) is 30.7 Å². The molecule has 1 atom stereocenters. The minimum atomic E-state index is -1.21. The summed E-state index contributed by atoms with van der Waals surface area (Å²) in [5, 5.41) is 13.9. The summed E-state index contributed by atoms with van der Waals surface area (Å²) in [6, 6.07) is 2.13. The number of carboxylic acid groups (broad SMARTS) is 1. The summed E-state index contributed by atoms with van der Waals surface area (Å²) in [7, 11) is 0. The number of carbonyl (C=O) groups excluding carboxylic acids is 2. The van der Waals surface area contributed by atoms with Gasteiger partial charge in [0.2, 0.25) is 5.91 Å². The number of hydrogen-bond donors (Lipinski definition) is 3. The molecule has 8 heteroatoms. The Bertz CT molecular complexity index is 605. The Morgan fingerprint density at radius 2 is 2.19 bits per heavy atom. The highest BCUT2D eigenvalue weighted by atomic mass is 19.1. The number of rotatable bonds is 2. The molecule has 1 heterocycles. The summed E-state index contributed by atoms with van der Waals surface area (Å²) in [5.74, 6) is -2.05. The fraction of sp³-hybridized carbons (Fsp3) is 0.308. The van der Waals surface area contributed by atoms with Crippen molar-refractivity contribution in [1.82, 2.24) is 10.2 Å². The predicted molar refractivity (Wildman–Crippen MR) is 71.3 cm³/mol. The number of hydrogen-bond acceptors (Lipinski definition) is 3. The highest BCUT2D eigenvalue weighted by molar-refractivity contribution is 5.96. The van der Waals surface area contributed by atoms with Crippen LogP contribution in [0.4, 0.5) is 14.9 Å². The molecule has 1 fully saturated rings. The molecule has 1 unspecified atom stereocenters. The van der Waals surface area contributed by atoms with Gasteiger partial charge in [0.05, 0.1) is 0 Å². The van der Waals surface area contributed by atoms with E-state index in [0.29, 0.717) is 11.3 Å². The van der Waals surface area contributed by atoms with E-state index in [1.54, 1.807) is 6.92 Å². The third-order valence-corrected chi connectivity index (χ3v) is 3.14. The van der Waals surface area contributed by atoms with Crippen molar-refractivity contribution in [2.75, 3.05) is 18.4 Å². The van der Waals surface area contributed by atoms with E-state index < -0.39 is 29.8 Å². The molecular weight excluding hydrogens is 281 g/mol. The highest BCUT2D eigenvalue weighted by Crippen LogP contribution is 2.15. The van der Waals surface area contributed by atoms with E-state index in [1.165, 1.54) is 18.2 Å². The number of benzene rings is 1. The summed E-state index contributed by atoms with van der Waals surface area (Å²) in [6.07, 6.45) is 0. The second-order valence-corrected chi connectivity index (χ2v) is 4.68. The molecule has 2 rings (SSSR count). The molecule has 21 heavy (non-hydrogen) atoms. The van der Waals surface area contributed by atoms with Gasteiger partial charge < -0.3 is 15.7 Å². The molecule has 1 aliphatic rings. The zero-order valence-corrected chi connectivity index (χ0v) is 11.2. The summed E-state index contributed by atoms with van der Waals surface area (Å²) in [6.45, 7) is 1.05. The van der Waals surface area contributed by atoms with Crippen molar-refractivity contribution in [3.63, 3.8) is 0 Å². The molecule has 0 radical (unpaired) electrons. The zero-order valence-electron chi connectivity index (χ0n) is 11.2. The molecule has 0 spiro atoms. The molecule has 1 aromatic carbocycles. The lowest BCUT2D eigenvalue weighted by Crippen LogP contribution is -2.60. The largest absolute Gasteiger partial charge is 0.480 e. The molecular formula is C13H14FN3O4. The average molecular weight is 295 g/mol. The molecule has 1 aliphatic heterocycles. The van der Waals surface area contributed by atoms with Crippen molar-refractivity contribution in [3.05, 3.63) is 29.6 Å². The molecule has 0 aromatic heterocycles. The molecule has 0 aliphatic carbocycles. The van der Waals surface area contributed by atoms with Crippen LogP contribution in [0.1, 0.15) is 5.56 Å². The van der Waals surface area contributed by atoms with Crippen LogP contribution in [0.5, 0.6) is 0 Å². The van der Waals surface area contributed by atoms with E-state index in [0.717, 1.165) is 4.90 Å². The number of amides is 3. The molecule has 1 saturated heterocycles. The van der Waals surface area contributed by atoms with Crippen LogP contribution in [0, 0.1) is 12.7 Å². The number of carbonyl (C=O) groups is 3. The third kappa shape index (κ3) is 3.28. The van der Waals surface area contributed by atoms with Gasteiger partial charge in [-0.1, -0.05) is 0 Å². The Kier molecular flexibility index (Phi) is 4.06. The van der Waals surface area contributed by atoms with Crippen LogP contribution >= 0.6 is 0 Å². The van der Waals surface area contributed by atoms with Crippen LogP contribution in [0.2, 0.25) is 0 Å². The molecule has 112 valence electrons. The number of aliphatic carboxylic acids is 1. The van der Waals surface area contributed by atoms with E-state index in [9.17, 15) is 18.8 Å². The van der Waals surface area contributed by atoms with Gasteiger partial charge in [0.1, 0.15) is 18.4 Å². The number of piperazine rings is 1. The molecule has 0 saturated carbocycles. The highest BCUT2D eigenvalue weighted by Gasteiger charge is 2.35. The van der Waals surface area contributed by atoms with E-state index in [-0.39, 0.29) is 13.1 Å². The van der Waals surface area contributed by atoms with Crippen molar-refractivity contribution in [3.8, 4) is 0 Å². The van der Waals surface area contributed by atoms with Crippen LogP contribution in [0.15, 0.2) is 18.2 Å². The number of carboxylic acids is 1. The topological polar surface area (TPSA) is 98.7 Å². The van der Waals surface area contributed by atoms with Crippen molar-refractivity contribution >= 4 is 23.6 Å². The summed E-state index contributed by atoms with van der Waals surface area (Å²) in [4.78, 5) is 35.5. The molecule has 3 N–H and O–H groups in total. The van der Waals surface area contributed by atoms with Gasteiger partial charge in [-0.25, -0.2) is 14.0 Å². The minimum Gasteiger partial charge on any atom is -0.480 e. The molecule has 1 aromatic rings. The summed E-state index contributed by atoms with van der Waals surface area (Å²) < 4.78 is 13.2. The average Bonchev–Trinajstić information content (AvgIpc) is 2.42. The molecule has 7 nitrogen and oxygen atoms in total. The van der Waals surface area contributed by atoms with Gasteiger partial charge in [-0.3, -0.25) is 9.69 Å². The SMILES string of the molecule is Cc1cc(NC(=O)N2CC(=O)NCC2C(=O)O)ccc1F. The van der Waals surface area contributed by atoms with Gasteiger partial charge in [0, 0.05) is 12.2 Å². The fourth-order valence-corrected chi connectivity index (χ4v) is 1.99. The molecule has 0 bridgehead atoms. The van der Waals surface area contributed by atoms with Crippen LogP contribution in [0.25, 0.3) is 0 Å². The number of nitrogens with one attached hydrogen (secondary N) is 2. The first-order chi connectivity index (χ1) is 9.88. The van der Waals surface area contributed by atoms with E-state index in [4.69, 9.17) is 5.11 Å². The van der Waals surface area contributed by atoms with Crippen molar-refractivity contribution in [2.45, 2.75) is 13.0 Å². The van der Waals surface area contributed by atoms with Gasteiger partial charge in [0.15, 0.2) is 0 Å². The maximum absolute atomic E-state index is 13.2. The lowest BCUT2D eigenvalue weighted by atomic mass is 10.2. The van der Waals surface area contributed by atoms with Crippen LogP contribution in [-0.2, 0) is 9.59 Å². The van der Waals surface area contributed by atoms with Gasteiger partial charge in [-0.2, -0.15) is 0 Å². The van der Waals surface area contributed by atoms with Gasteiger partial charge in [-0.15, -0.1) is 0 Å². The number of nitrogens with zero attached hydrogens (tertiary/aromatic N) is 1. The van der Waals surface area contributed by atoms with E-state index in [1.807, 2.05) is 0 Å². The number of aryl methyl sites for hydroxylation is 1. The van der Waals surface area contributed by atoms with Gasteiger partial charge >= 0.3 is 12.0 Å². The first-order valence-electron chi connectivity index (χ1n) is 6.22. The predicted octanol–water partition coefficient (Wildman–Crippen LogP) is 0.551. The normalized spacial score (nSPS) is 18.1. The van der Waals surface area contributed by atoms with Gasteiger partial charge in [0.25, 0.3) is 0 Å². The second kappa shape index (κ2) is 5.78. The minimum absolute atomic E-state index is 0.149. The van der Waals surface area contributed by atoms with Crippen molar-refractivity contribution in [2.24, 2.45) is 0 Å². The fourth-order valence-electron chi connectivity index (χ4n) is 1.99. The van der Waals surface area contributed by atoms with Crippen molar-refractivity contribution < 1.29 is 23.9 Å². The van der Waals surface area contributed by atoms with E-state index >= 15 is 0 Å². The Balaban J connectivity index is 2.14. The van der Waals surface area contributed by atoms with E-state index in [2.05, 4.69) is 10.6 Å². The number of urea groups is 1. The number of anilines is 1. The van der Waals surface area contributed by atoms with Crippen LogP contribution in [0.3, 0.4) is 0 Å².